The van der Waals surface area contributed by atoms with E-state index in [1.807, 2.05) is 35.8 Å². The second-order valence-corrected chi connectivity index (χ2v) is 7.70. The van der Waals surface area contributed by atoms with Gasteiger partial charge in [-0.15, -0.1) is 0 Å². The van der Waals surface area contributed by atoms with Gasteiger partial charge in [0.2, 0.25) is 0 Å². The van der Waals surface area contributed by atoms with Gasteiger partial charge in [-0.05, 0) is 36.4 Å². The van der Waals surface area contributed by atoms with Gasteiger partial charge >= 0.3 is 11.8 Å². The predicted octanol–water partition coefficient (Wildman–Crippen LogP) is 3.69. The second kappa shape index (κ2) is 10.7. The van der Waals surface area contributed by atoms with Gasteiger partial charge in [0, 0.05) is 23.4 Å². The van der Waals surface area contributed by atoms with Crippen LogP contribution in [0.1, 0.15) is 26.3 Å². The normalized spacial score (nSPS) is 10.9. The molecule has 3 aromatic carbocycles. The van der Waals surface area contributed by atoms with E-state index in [4.69, 9.17) is 4.74 Å². The number of rotatable bonds is 7. The predicted molar refractivity (Wildman–Crippen MR) is 130 cm³/mol. The van der Waals surface area contributed by atoms with Crippen LogP contribution in [-0.4, -0.2) is 34.6 Å². The summed E-state index contributed by atoms with van der Waals surface area (Å²) in [5.41, 5.74) is 3.94. The van der Waals surface area contributed by atoms with Crippen LogP contribution >= 0.6 is 0 Å². The molecule has 0 atom stereocenters. The maximum Gasteiger partial charge on any atom is 0.351 e. The molecule has 0 bridgehead atoms. The summed E-state index contributed by atoms with van der Waals surface area (Å²) in [5.74, 6) is -6.66. The number of amides is 3. The lowest BCUT2D eigenvalue weighted by Crippen LogP contribution is -2.48. The number of hydrazine groups is 1. The van der Waals surface area contributed by atoms with E-state index in [2.05, 4.69) is 10.4 Å². The number of hydrogen-bond acceptors (Lipinski definition) is 5. The molecule has 0 fully saturated rings. The first-order valence-electron chi connectivity index (χ1n) is 10.9. The third-order valence-corrected chi connectivity index (χ3v) is 5.29. The molecule has 188 valence electrons. The minimum absolute atomic E-state index is 0.0533. The molecule has 3 amide bonds. The van der Waals surface area contributed by atoms with Crippen LogP contribution in [0, 0.1) is 0 Å². The van der Waals surface area contributed by atoms with Gasteiger partial charge < -0.3 is 10.1 Å². The summed E-state index contributed by atoms with van der Waals surface area (Å²) in [6, 6.07) is 21.2. The molecule has 3 N–H and O–H groups in total. The molecular weight excluding hydrogens is 484 g/mol. The first-order valence-corrected chi connectivity index (χ1v) is 10.9. The molecule has 1 aromatic heterocycles. The number of nitrogens with zero attached hydrogens (tertiary/aromatic N) is 2. The van der Waals surface area contributed by atoms with Gasteiger partial charge in [0.1, 0.15) is 5.75 Å². The smallest absolute Gasteiger partial charge is 0.351 e. The van der Waals surface area contributed by atoms with E-state index in [-0.39, 0.29) is 22.7 Å². The highest BCUT2D eigenvalue weighted by Crippen LogP contribution is 2.28. The summed E-state index contributed by atoms with van der Waals surface area (Å²) in [5, 5.41) is 6.85. The van der Waals surface area contributed by atoms with Crippen molar-refractivity contribution in [1.82, 2.24) is 20.6 Å². The Balaban J connectivity index is 1.37. The van der Waals surface area contributed by atoms with Gasteiger partial charge in [-0.1, -0.05) is 42.5 Å². The SMILES string of the molecule is COc1ccccc1C(=O)NNC(=O)C(F)(F)c1ccc(C(=O)Nc2ccn(-c3ccccc3)n2)cc1. The highest BCUT2D eigenvalue weighted by atomic mass is 19.3. The van der Waals surface area contributed by atoms with Crippen molar-refractivity contribution in [1.29, 1.82) is 0 Å². The number of carbonyl (C=O) groups is 3. The van der Waals surface area contributed by atoms with E-state index in [0.29, 0.717) is 0 Å². The van der Waals surface area contributed by atoms with Crippen molar-refractivity contribution in [3.05, 3.63) is 108 Å². The summed E-state index contributed by atoms with van der Waals surface area (Å²) < 4.78 is 36.0. The van der Waals surface area contributed by atoms with Crippen LogP contribution in [0.15, 0.2) is 91.1 Å². The van der Waals surface area contributed by atoms with Crippen molar-refractivity contribution >= 4 is 23.5 Å². The Morgan fingerprint density at radius 3 is 2.22 bits per heavy atom. The summed E-state index contributed by atoms with van der Waals surface area (Å²) in [4.78, 5) is 36.9. The van der Waals surface area contributed by atoms with E-state index >= 15 is 0 Å². The molecule has 0 spiro atoms. The molecule has 0 aliphatic carbocycles. The molecule has 0 aliphatic heterocycles. The van der Waals surface area contributed by atoms with E-state index < -0.39 is 29.2 Å². The molecule has 0 saturated carbocycles. The lowest BCUT2D eigenvalue weighted by molar-refractivity contribution is -0.147. The summed E-state index contributed by atoms with van der Waals surface area (Å²) in [6.07, 6.45) is 1.67. The van der Waals surface area contributed by atoms with Crippen molar-refractivity contribution in [2.45, 2.75) is 5.92 Å². The number of aromatic nitrogens is 2. The zero-order valence-electron chi connectivity index (χ0n) is 19.4. The monoisotopic (exact) mass is 505 g/mol. The van der Waals surface area contributed by atoms with Gasteiger partial charge in [0.15, 0.2) is 5.82 Å². The van der Waals surface area contributed by atoms with Crippen molar-refractivity contribution < 1.29 is 27.9 Å². The number of halogens is 2. The Morgan fingerprint density at radius 1 is 0.838 bits per heavy atom. The van der Waals surface area contributed by atoms with Crippen LogP contribution < -0.4 is 20.9 Å². The standard InChI is InChI=1S/C26H21F2N5O4/c1-37-21-10-6-5-9-20(21)24(35)30-31-25(36)26(27,28)18-13-11-17(12-14-18)23(34)29-22-15-16-33(32-22)19-7-3-2-4-8-19/h2-16H,1H3,(H,30,35)(H,31,36)(H,29,32,34). The average Bonchev–Trinajstić information content (AvgIpc) is 3.40. The molecule has 0 saturated heterocycles. The fourth-order valence-corrected chi connectivity index (χ4v) is 3.36. The Morgan fingerprint density at radius 2 is 1.51 bits per heavy atom. The van der Waals surface area contributed by atoms with Crippen molar-refractivity contribution in [3.63, 3.8) is 0 Å². The summed E-state index contributed by atoms with van der Waals surface area (Å²) in [7, 11) is 1.35. The highest BCUT2D eigenvalue weighted by Gasteiger charge is 2.41. The maximum atomic E-state index is 14.7. The number of para-hydroxylation sites is 2. The van der Waals surface area contributed by atoms with Crippen LogP contribution in [0.25, 0.3) is 5.69 Å². The largest absolute Gasteiger partial charge is 0.496 e. The van der Waals surface area contributed by atoms with Gasteiger partial charge in [-0.25, -0.2) is 4.68 Å². The third kappa shape index (κ3) is 5.61. The van der Waals surface area contributed by atoms with Crippen molar-refractivity contribution in [3.8, 4) is 11.4 Å². The molecule has 9 nitrogen and oxygen atoms in total. The average molecular weight is 505 g/mol. The highest BCUT2D eigenvalue weighted by molar-refractivity contribution is 6.04. The fourth-order valence-electron chi connectivity index (χ4n) is 3.36. The van der Waals surface area contributed by atoms with Gasteiger partial charge in [0.05, 0.1) is 18.4 Å². The number of anilines is 1. The topological polar surface area (TPSA) is 114 Å². The molecule has 4 rings (SSSR count). The molecule has 0 radical (unpaired) electrons. The maximum absolute atomic E-state index is 14.7. The third-order valence-electron chi connectivity index (χ3n) is 5.29. The minimum atomic E-state index is -3.99. The van der Waals surface area contributed by atoms with E-state index in [9.17, 15) is 23.2 Å². The molecule has 0 aliphatic rings. The van der Waals surface area contributed by atoms with Gasteiger partial charge in [-0.3, -0.25) is 25.2 Å². The van der Waals surface area contributed by atoms with Gasteiger partial charge in [-0.2, -0.15) is 13.9 Å². The number of ether oxygens (including phenoxy) is 1. The quantitative estimate of drug-likeness (QED) is 0.332. The van der Waals surface area contributed by atoms with Gasteiger partial charge in [0.25, 0.3) is 11.8 Å². The molecule has 4 aromatic rings. The number of alkyl halides is 2. The zero-order valence-corrected chi connectivity index (χ0v) is 19.4. The van der Waals surface area contributed by atoms with Crippen LogP contribution in [0.2, 0.25) is 0 Å². The zero-order chi connectivity index (χ0) is 26.4. The van der Waals surface area contributed by atoms with E-state index in [0.717, 1.165) is 30.0 Å². The van der Waals surface area contributed by atoms with E-state index in [1.54, 1.807) is 34.5 Å². The Kier molecular flexibility index (Phi) is 7.23. The van der Waals surface area contributed by atoms with E-state index in [1.165, 1.54) is 19.2 Å². The Hall–Kier alpha value is -5.06. The lowest BCUT2D eigenvalue weighted by Gasteiger charge is -2.17. The number of methoxy groups -OCH3 is 1. The Bertz CT molecular complexity index is 1420. The summed E-state index contributed by atoms with van der Waals surface area (Å²) in [6.45, 7) is 0. The minimum Gasteiger partial charge on any atom is -0.496 e. The summed E-state index contributed by atoms with van der Waals surface area (Å²) >= 11 is 0. The molecule has 11 heteroatoms. The fraction of sp³-hybridized carbons (Fsp3) is 0.0769. The van der Waals surface area contributed by atoms with Crippen LogP contribution in [0.4, 0.5) is 14.6 Å². The number of nitrogens with one attached hydrogen (secondary N) is 3. The molecular formula is C26H21F2N5O4. The lowest BCUT2D eigenvalue weighted by atomic mass is 10.1. The van der Waals surface area contributed by atoms with Crippen molar-refractivity contribution in [2.75, 3.05) is 12.4 Å². The van der Waals surface area contributed by atoms with Crippen LogP contribution in [0.3, 0.4) is 0 Å². The molecule has 0 unspecified atom stereocenters. The first-order chi connectivity index (χ1) is 17.8. The number of carbonyl (C=O) groups excluding carboxylic acids is 3. The van der Waals surface area contributed by atoms with Crippen molar-refractivity contribution in [2.24, 2.45) is 0 Å². The number of hydrogen-bond donors (Lipinski definition) is 3. The second-order valence-electron chi connectivity index (χ2n) is 7.70. The number of benzene rings is 3. The molecule has 1 heterocycles. The van der Waals surface area contributed by atoms with Crippen LogP contribution in [0.5, 0.6) is 5.75 Å². The first kappa shape index (κ1) is 25.0. The van der Waals surface area contributed by atoms with Crippen LogP contribution in [-0.2, 0) is 10.7 Å². The molecule has 37 heavy (non-hydrogen) atoms. The Labute approximate surface area is 210 Å².